The lowest BCUT2D eigenvalue weighted by atomic mass is 10.2. The van der Waals surface area contributed by atoms with Gasteiger partial charge in [-0.15, -0.1) is 11.8 Å². The molecule has 0 bridgehead atoms. The van der Waals surface area contributed by atoms with Crippen molar-refractivity contribution in [2.24, 2.45) is 0 Å². The van der Waals surface area contributed by atoms with Crippen LogP contribution in [0.2, 0.25) is 5.02 Å². The van der Waals surface area contributed by atoms with Crippen molar-refractivity contribution in [3.63, 3.8) is 0 Å². The van der Waals surface area contributed by atoms with Gasteiger partial charge < -0.3 is 5.32 Å². The molecule has 1 aromatic carbocycles. The molecule has 1 N–H and O–H groups in total. The summed E-state index contributed by atoms with van der Waals surface area (Å²) in [6, 6.07) is 6.41. The van der Waals surface area contributed by atoms with Crippen LogP contribution in [0.5, 0.6) is 0 Å². The Bertz CT molecular complexity index is 348. The number of benzene rings is 1. The fourth-order valence-electron chi connectivity index (χ4n) is 2.14. The van der Waals surface area contributed by atoms with Crippen LogP contribution < -0.4 is 5.32 Å². The number of nitrogens with one attached hydrogen (secondary N) is 1. The SMILES string of the molecule is CNCc1ccc(SC2CCCC2)c(Cl)c1. The molecule has 1 nitrogen and oxygen atoms in total. The van der Waals surface area contributed by atoms with Gasteiger partial charge in [-0.05, 0) is 37.6 Å². The molecule has 1 fully saturated rings. The number of halogens is 1. The maximum Gasteiger partial charge on any atom is 0.0545 e. The predicted molar refractivity (Wildman–Crippen MR) is 72.3 cm³/mol. The van der Waals surface area contributed by atoms with Gasteiger partial charge in [0.15, 0.2) is 0 Å². The van der Waals surface area contributed by atoms with E-state index in [1.165, 1.54) is 36.1 Å². The first-order valence-corrected chi connectivity index (χ1v) is 7.15. The zero-order valence-electron chi connectivity index (χ0n) is 9.63. The Morgan fingerprint density at radius 2 is 2.12 bits per heavy atom. The summed E-state index contributed by atoms with van der Waals surface area (Å²) in [4.78, 5) is 1.24. The predicted octanol–water partition coefficient (Wildman–Crippen LogP) is 4.09. The zero-order chi connectivity index (χ0) is 11.4. The fourth-order valence-corrected chi connectivity index (χ4v) is 3.72. The average molecular weight is 256 g/mol. The smallest absolute Gasteiger partial charge is 0.0545 e. The minimum atomic E-state index is 0.785. The van der Waals surface area contributed by atoms with Crippen LogP contribution in [-0.4, -0.2) is 12.3 Å². The van der Waals surface area contributed by atoms with Crippen molar-refractivity contribution in [1.29, 1.82) is 0 Å². The molecule has 3 heteroatoms. The molecule has 1 saturated carbocycles. The minimum Gasteiger partial charge on any atom is -0.316 e. The molecule has 88 valence electrons. The van der Waals surface area contributed by atoms with Gasteiger partial charge in [-0.25, -0.2) is 0 Å². The van der Waals surface area contributed by atoms with Crippen molar-refractivity contribution in [2.75, 3.05) is 7.05 Å². The van der Waals surface area contributed by atoms with Crippen molar-refractivity contribution >= 4 is 23.4 Å². The van der Waals surface area contributed by atoms with Gasteiger partial charge in [0.05, 0.1) is 5.02 Å². The normalized spacial score (nSPS) is 16.9. The van der Waals surface area contributed by atoms with Crippen LogP contribution in [0.4, 0.5) is 0 Å². The van der Waals surface area contributed by atoms with Crippen molar-refractivity contribution in [3.05, 3.63) is 28.8 Å². The number of hydrogen-bond donors (Lipinski definition) is 1. The monoisotopic (exact) mass is 255 g/mol. The third kappa shape index (κ3) is 3.16. The second-order valence-electron chi connectivity index (χ2n) is 4.32. The highest BCUT2D eigenvalue weighted by Crippen LogP contribution is 2.38. The third-order valence-corrected chi connectivity index (χ3v) is 4.81. The maximum atomic E-state index is 6.29. The van der Waals surface area contributed by atoms with Gasteiger partial charge in [-0.1, -0.05) is 30.5 Å². The average Bonchev–Trinajstić information content (AvgIpc) is 2.75. The summed E-state index contributed by atoms with van der Waals surface area (Å²) in [5.74, 6) is 0. The molecular formula is C13H18ClNS. The topological polar surface area (TPSA) is 12.0 Å². The Balaban J connectivity index is 2.03. The highest BCUT2D eigenvalue weighted by Gasteiger charge is 2.17. The van der Waals surface area contributed by atoms with Crippen LogP contribution in [0.1, 0.15) is 31.2 Å². The van der Waals surface area contributed by atoms with Gasteiger partial charge in [-0.3, -0.25) is 0 Å². The molecule has 16 heavy (non-hydrogen) atoms. The molecule has 0 saturated heterocycles. The first kappa shape index (κ1) is 12.3. The van der Waals surface area contributed by atoms with E-state index in [9.17, 15) is 0 Å². The van der Waals surface area contributed by atoms with Crippen molar-refractivity contribution in [3.8, 4) is 0 Å². The zero-order valence-corrected chi connectivity index (χ0v) is 11.2. The van der Waals surface area contributed by atoms with Crippen molar-refractivity contribution < 1.29 is 0 Å². The van der Waals surface area contributed by atoms with Gasteiger partial charge >= 0.3 is 0 Å². The van der Waals surface area contributed by atoms with E-state index in [0.717, 1.165) is 16.8 Å². The van der Waals surface area contributed by atoms with Gasteiger partial charge in [0.2, 0.25) is 0 Å². The lowest BCUT2D eigenvalue weighted by Gasteiger charge is -2.11. The summed E-state index contributed by atoms with van der Waals surface area (Å²) >= 11 is 8.25. The molecule has 0 amide bonds. The summed E-state index contributed by atoms with van der Waals surface area (Å²) in [5, 5.41) is 4.83. The summed E-state index contributed by atoms with van der Waals surface area (Å²) in [5.41, 5.74) is 1.25. The van der Waals surface area contributed by atoms with Crippen LogP contribution in [0, 0.1) is 0 Å². The van der Waals surface area contributed by atoms with Crippen LogP contribution in [-0.2, 0) is 6.54 Å². The molecule has 0 unspecified atom stereocenters. The molecular weight excluding hydrogens is 238 g/mol. The van der Waals surface area contributed by atoms with E-state index >= 15 is 0 Å². The lowest BCUT2D eigenvalue weighted by molar-refractivity contribution is 0.817. The van der Waals surface area contributed by atoms with Gasteiger partial charge in [0.1, 0.15) is 0 Å². The molecule has 0 heterocycles. The minimum absolute atomic E-state index is 0.785. The summed E-state index contributed by atoms with van der Waals surface area (Å²) in [6.07, 6.45) is 5.46. The highest BCUT2D eigenvalue weighted by atomic mass is 35.5. The van der Waals surface area contributed by atoms with Gasteiger partial charge in [-0.2, -0.15) is 0 Å². The quantitative estimate of drug-likeness (QED) is 0.870. The highest BCUT2D eigenvalue weighted by molar-refractivity contribution is 8.00. The molecule has 0 aromatic heterocycles. The second-order valence-corrected chi connectivity index (χ2v) is 6.07. The Labute approximate surface area is 107 Å². The van der Waals surface area contributed by atoms with Crippen molar-refractivity contribution in [1.82, 2.24) is 5.32 Å². The van der Waals surface area contributed by atoms with Crippen LogP contribution in [0.15, 0.2) is 23.1 Å². The number of rotatable bonds is 4. The molecule has 0 spiro atoms. The summed E-state index contributed by atoms with van der Waals surface area (Å²) in [7, 11) is 1.95. The Kier molecular flexibility index (Phi) is 4.56. The Hall–Kier alpha value is -0.180. The fraction of sp³-hybridized carbons (Fsp3) is 0.538. The van der Waals surface area contributed by atoms with Gasteiger partial charge in [0, 0.05) is 16.7 Å². The molecule has 1 aromatic rings. The summed E-state index contributed by atoms with van der Waals surface area (Å²) < 4.78 is 0. The van der Waals surface area contributed by atoms with Crippen LogP contribution >= 0.6 is 23.4 Å². The number of thioether (sulfide) groups is 1. The van der Waals surface area contributed by atoms with Crippen molar-refractivity contribution in [2.45, 2.75) is 42.4 Å². The van der Waals surface area contributed by atoms with E-state index in [1.807, 2.05) is 18.8 Å². The Morgan fingerprint density at radius 3 is 2.75 bits per heavy atom. The summed E-state index contributed by atoms with van der Waals surface area (Å²) in [6.45, 7) is 0.883. The maximum absolute atomic E-state index is 6.29. The van der Waals surface area contributed by atoms with E-state index in [1.54, 1.807) is 0 Å². The largest absolute Gasteiger partial charge is 0.316 e. The van der Waals surface area contributed by atoms with Crippen LogP contribution in [0.3, 0.4) is 0 Å². The standard InChI is InChI=1S/C13H18ClNS/c1-15-9-10-6-7-13(12(14)8-10)16-11-4-2-3-5-11/h6-8,11,15H,2-5,9H2,1H3. The molecule has 2 rings (SSSR count). The lowest BCUT2D eigenvalue weighted by Crippen LogP contribution is -2.04. The first-order chi connectivity index (χ1) is 7.79. The first-order valence-electron chi connectivity index (χ1n) is 5.89. The molecule has 0 radical (unpaired) electrons. The van der Waals surface area contributed by atoms with E-state index < -0.39 is 0 Å². The molecule has 0 atom stereocenters. The van der Waals surface area contributed by atoms with E-state index in [4.69, 9.17) is 11.6 Å². The van der Waals surface area contributed by atoms with E-state index in [0.29, 0.717) is 0 Å². The number of hydrogen-bond acceptors (Lipinski definition) is 2. The van der Waals surface area contributed by atoms with Gasteiger partial charge in [0.25, 0.3) is 0 Å². The molecule has 1 aliphatic rings. The van der Waals surface area contributed by atoms with Crippen LogP contribution in [0.25, 0.3) is 0 Å². The Morgan fingerprint density at radius 1 is 1.38 bits per heavy atom. The van der Waals surface area contributed by atoms with E-state index in [2.05, 4.69) is 23.5 Å². The van der Waals surface area contributed by atoms with E-state index in [-0.39, 0.29) is 0 Å². The second kappa shape index (κ2) is 5.95. The molecule has 0 aliphatic heterocycles. The third-order valence-electron chi connectivity index (χ3n) is 2.97. The molecule has 1 aliphatic carbocycles.